The number of nitrogens with zero attached hydrogens (tertiary/aromatic N) is 4. The number of aromatic nitrogens is 4. The average Bonchev–Trinajstić information content (AvgIpc) is 2.96. The van der Waals surface area contributed by atoms with Gasteiger partial charge in [-0.2, -0.15) is 0 Å². The van der Waals surface area contributed by atoms with Crippen molar-refractivity contribution in [1.82, 2.24) is 19.5 Å². The molecule has 3 heterocycles. The second-order valence-corrected chi connectivity index (χ2v) is 5.68. The van der Waals surface area contributed by atoms with Gasteiger partial charge in [0.25, 0.3) is 0 Å². The Balaban J connectivity index is 2.08. The van der Waals surface area contributed by atoms with Gasteiger partial charge in [0, 0.05) is 35.6 Å². The summed E-state index contributed by atoms with van der Waals surface area (Å²) in [6.45, 7) is 6.38. The number of ketones is 1. The Bertz CT molecular complexity index is 901. The van der Waals surface area contributed by atoms with Crippen LogP contribution < -0.4 is 10.5 Å². The zero-order valence-corrected chi connectivity index (χ0v) is 13.9. The topological polar surface area (TPSA) is 95.9 Å². The summed E-state index contributed by atoms with van der Waals surface area (Å²) >= 11 is 0. The number of fused-ring (bicyclic) bond motifs is 1. The van der Waals surface area contributed by atoms with E-state index in [0.717, 1.165) is 5.65 Å². The molecule has 2 N–H and O–H groups in total. The number of rotatable bonds is 5. The number of anilines is 1. The van der Waals surface area contributed by atoms with Crippen LogP contribution in [0, 0.1) is 0 Å². The molecule has 0 aliphatic carbocycles. The summed E-state index contributed by atoms with van der Waals surface area (Å²) < 4.78 is 7.27. The van der Waals surface area contributed by atoms with Gasteiger partial charge in [-0.05, 0) is 26.8 Å². The molecule has 0 unspecified atom stereocenters. The number of nitrogens with two attached hydrogens (primary N) is 1. The maximum Gasteiger partial charge on any atom is 0.237 e. The molecule has 0 aliphatic heterocycles. The second kappa shape index (κ2) is 6.27. The van der Waals surface area contributed by atoms with E-state index in [4.69, 9.17) is 10.5 Å². The van der Waals surface area contributed by atoms with Crippen molar-refractivity contribution in [3.8, 4) is 5.88 Å². The van der Waals surface area contributed by atoms with Crippen LogP contribution in [0.5, 0.6) is 5.88 Å². The summed E-state index contributed by atoms with van der Waals surface area (Å²) in [7, 11) is 0. The van der Waals surface area contributed by atoms with Crippen molar-refractivity contribution in [3.63, 3.8) is 0 Å². The van der Waals surface area contributed by atoms with Gasteiger partial charge in [-0.3, -0.25) is 4.79 Å². The summed E-state index contributed by atoms with van der Waals surface area (Å²) in [5, 5.41) is 0.712. The number of hydrogen-bond acceptors (Lipinski definition) is 6. The van der Waals surface area contributed by atoms with E-state index >= 15 is 0 Å². The third-order valence-corrected chi connectivity index (χ3v) is 3.72. The van der Waals surface area contributed by atoms with E-state index in [1.165, 1.54) is 12.5 Å². The first-order valence-corrected chi connectivity index (χ1v) is 7.76. The molecule has 0 aliphatic rings. The van der Waals surface area contributed by atoms with E-state index < -0.39 is 0 Å². The smallest absolute Gasteiger partial charge is 0.237 e. The molecule has 0 atom stereocenters. The van der Waals surface area contributed by atoms with E-state index in [9.17, 15) is 4.79 Å². The number of pyridine rings is 1. The summed E-state index contributed by atoms with van der Waals surface area (Å²) in [5.41, 5.74) is 7.93. The van der Waals surface area contributed by atoms with Gasteiger partial charge in [-0.25, -0.2) is 15.0 Å². The fourth-order valence-electron chi connectivity index (χ4n) is 2.57. The zero-order valence-electron chi connectivity index (χ0n) is 13.9. The molecule has 24 heavy (non-hydrogen) atoms. The molecule has 0 saturated carbocycles. The summed E-state index contributed by atoms with van der Waals surface area (Å²) in [5.74, 6) is 0.165. The molecule has 7 nitrogen and oxygen atoms in total. The Kier molecular flexibility index (Phi) is 4.16. The zero-order chi connectivity index (χ0) is 17.3. The molecular formula is C17H19N5O2. The highest BCUT2D eigenvalue weighted by Gasteiger charge is 2.20. The lowest BCUT2D eigenvalue weighted by atomic mass is 10.1. The van der Waals surface area contributed by atoms with Crippen LogP contribution in [-0.4, -0.2) is 31.9 Å². The SMILES string of the molecule is CCOc1ncc(C(=O)c2cn(C(C)C)c3ncncc23)cc1N. The van der Waals surface area contributed by atoms with E-state index in [-0.39, 0.29) is 11.8 Å². The quantitative estimate of drug-likeness (QED) is 0.724. The molecule has 0 saturated heterocycles. The third-order valence-electron chi connectivity index (χ3n) is 3.72. The normalized spacial score (nSPS) is 11.2. The molecular weight excluding hydrogens is 306 g/mol. The predicted molar refractivity (Wildman–Crippen MR) is 91.2 cm³/mol. The number of hydrogen-bond donors (Lipinski definition) is 1. The highest BCUT2D eigenvalue weighted by Crippen LogP contribution is 2.26. The fraction of sp³-hybridized carbons (Fsp3) is 0.294. The van der Waals surface area contributed by atoms with Gasteiger partial charge in [0.2, 0.25) is 5.88 Å². The molecule has 0 radical (unpaired) electrons. The van der Waals surface area contributed by atoms with E-state index in [1.54, 1.807) is 18.5 Å². The van der Waals surface area contributed by atoms with Gasteiger partial charge >= 0.3 is 0 Å². The van der Waals surface area contributed by atoms with Crippen molar-refractivity contribution < 1.29 is 9.53 Å². The lowest BCUT2D eigenvalue weighted by Gasteiger charge is -2.07. The standard InChI is InChI=1S/C17H19N5O2/c1-4-24-17-14(18)5-11(6-20-17)15(23)13-8-22(10(2)3)16-12(13)7-19-9-21-16/h5-10H,4,18H2,1-3H3. The van der Waals surface area contributed by atoms with Gasteiger partial charge in [0.1, 0.15) is 12.0 Å². The first-order valence-electron chi connectivity index (χ1n) is 7.76. The second-order valence-electron chi connectivity index (χ2n) is 5.68. The summed E-state index contributed by atoms with van der Waals surface area (Å²) in [4.78, 5) is 25.4. The molecule has 0 spiro atoms. The highest BCUT2D eigenvalue weighted by atomic mass is 16.5. The Morgan fingerprint density at radius 1 is 1.33 bits per heavy atom. The molecule has 3 aromatic heterocycles. The fourth-order valence-corrected chi connectivity index (χ4v) is 2.57. The highest BCUT2D eigenvalue weighted by molar-refractivity contribution is 6.16. The Hall–Kier alpha value is -2.96. The largest absolute Gasteiger partial charge is 0.477 e. The Labute approximate surface area is 139 Å². The van der Waals surface area contributed by atoms with Crippen molar-refractivity contribution in [2.45, 2.75) is 26.8 Å². The molecule has 3 aromatic rings. The van der Waals surface area contributed by atoms with E-state index in [2.05, 4.69) is 15.0 Å². The summed E-state index contributed by atoms with van der Waals surface area (Å²) in [6.07, 6.45) is 6.41. The lowest BCUT2D eigenvalue weighted by molar-refractivity contribution is 0.103. The van der Waals surface area contributed by atoms with Gasteiger partial charge in [-0.15, -0.1) is 0 Å². The van der Waals surface area contributed by atoms with Crippen LogP contribution in [-0.2, 0) is 0 Å². The van der Waals surface area contributed by atoms with Crippen LogP contribution in [0.25, 0.3) is 11.0 Å². The number of ether oxygens (including phenoxy) is 1. The van der Waals surface area contributed by atoms with Gasteiger partial charge in [0.15, 0.2) is 5.78 Å². The first kappa shape index (κ1) is 15.9. The molecule has 0 bridgehead atoms. The average molecular weight is 325 g/mol. The number of carbonyl (C=O) groups excluding carboxylic acids is 1. The van der Waals surface area contributed by atoms with Crippen LogP contribution in [0.15, 0.2) is 31.0 Å². The molecule has 0 fully saturated rings. The van der Waals surface area contributed by atoms with Crippen LogP contribution in [0.1, 0.15) is 42.7 Å². The monoisotopic (exact) mass is 325 g/mol. The van der Waals surface area contributed by atoms with E-state index in [0.29, 0.717) is 34.7 Å². The van der Waals surface area contributed by atoms with Crippen molar-refractivity contribution >= 4 is 22.5 Å². The van der Waals surface area contributed by atoms with Crippen LogP contribution in [0.2, 0.25) is 0 Å². The van der Waals surface area contributed by atoms with Crippen LogP contribution >= 0.6 is 0 Å². The van der Waals surface area contributed by atoms with Crippen molar-refractivity contribution in [2.24, 2.45) is 0 Å². The van der Waals surface area contributed by atoms with Crippen LogP contribution in [0.4, 0.5) is 5.69 Å². The summed E-state index contributed by atoms with van der Waals surface area (Å²) in [6, 6.07) is 1.76. The van der Waals surface area contributed by atoms with E-state index in [1.807, 2.05) is 25.3 Å². The first-order chi connectivity index (χ1) is 11.5. The van der Waals surface area contributed by atoms with Gasteiger partial charge < -0.3 is 15.0 Å². The lowest BCUT2D eigenvalue weighted by Crippen LogP contribution is -2.06. The Morgan fingerprint density at radius 2 is 2.12 bits per heavy atom. The molecule has 124 valence electrons. The minimum absolute atomic E-state index is 0.170. The third kappa shape index (κ3) is 2.68. The van der Waals surface area contributed by atoms with Gasteiger partial charge in [0.05, 0.1) is 17.9 Å². The maximum absolute atomic E-state index is 12.9. The minimum atomic E-state index is -0.170. The van der Waals surface area contributed by atoms with Gasteiger partial charge in [-0.1, -0.05) is 0 Å². The van der Waals surface area contributed by atoms with Crippen LogP contribution in [0.3, 0.4) is 0 Å². The maximum atomic E-state index is 12.9. The molecule has 0 aromatic carbocycles. The Morgan fingerprint density at radius 3 is 2.79 bits per heavy atom. The van der Waals surface area contributed by atoms with Crippen molar-refractivity contribution in [3.05, 3.63) is 42.1 Å². The predicted octanol–water partition coefficient (Wildman–Crippen LogP) is 2.62. The number of nitrogen functional groups attached to an aromatic ring is 1. The van der Waals surface area contributed by atoms with Crippen molar-refractivity contribution in [2.75, 3.05) is 12.3 Å². The molecule has 0 amide bonds. The van der Waals surface area contributed by atoms with Crippen molar-refractivity contribution in [1.29, 1.82) is 0 Å². The molecule has 7 heteroatoms. The number of carbonyl (C=O) groups is 1. The molecule has 3 rings (SSSR count). The minimum Gasteiger partial charge on any atom is -0.477 e.